The van der Waals surface area contributed by atoms with E-state index in [0.717, 1.165) is 0 Å². The molecule has 4 nitrogen and oxygen atoms in total. The Balaban J connectivity index is 1.64. The fraction of sp³-hybridized carbons (Fsp3) is 0.125. The van der Waals surface area contributed by atoms with Crippen molar-refractivity contribution in [3.63, 3.8) is 0 Å². The summed E-state index contributed by atoms with van der Waals surface area (Å²) in [6.07, 6.45) is 0.0991. The fourth-order valence-electron chi connectivity index (χ4n) is 3.75. The van der Waals surface area contributed by atoms with Gasteiger partial charge < -0.3 is 4.74 Å². The molecule has 0 unspecified atom stereocenters. The number of carbonyl (C=O) groups excluding carboxylic acids is 3. The molecule has 0 spiro atoms. The standard InChI is InChI=1S/C24H18O4/c25-21-19-13-7-8-14-20(19)22(26)24(21,18-11-5-2-6-12-18)15-16-28-23(27)17-9-3-1-4-10-17/h1-14H,15-16H2. The average Bonchev–Trinajstić information content (AvgIpc) is 2.98. The Morgan fingerprint density at radius 3 is 1.79 bits per heavy atom. The molecule has 4 heteroatoms. The van der Waals surface area contributed by atoms with Crippen LogP contribution in [0.4, 0.5) is 0 Å². The van der Waals surface area contributed by atoms with E-state index in [0.29, 0.717) is 22.3 Å². The number of ether oxygens (including phenoxy) is 1. The Labute approximate surface area is 162 Å². The molecular weight excluding hydrogens is 352 g/mol. The van der Waals surface area contributed by atoms with Gasteiger partial charge in [-0.2, -0.15) is 0 Å². The smallest absolute Gasteiger partial charge is 0.338 e. The maximum Gasteiger partial charge on any atom is 0.338 e. The maximum atomic E-state index is 13.3. The molecule has 1 aliphatic carbocycles. The highest BCUT2D eigenvalue weighted by Gasteiger charge is 2.53. The van der Waals surface area contributed by atoms with Crippen LogP contribution in [0.5, 0.6) is 0 Å². The first kappa shape index (κ1) is 17.9. The minimum absolute atomic E-state index is 0.0336. The number of hydrogen-bond acceptors (Lipinski definition) is 4. The van der Waals surface area contributed by atoms with Crippen molar-refractivity contribution >= 4 is 17.5 Å². The van der Waals surface area contributed by atoms with Crippen molar-refractivity contribution in [2.45, 2.75) is 11.8 Å². The van der Waals surface area contributed by atoms with Crippen molar-refractivity contribution in [1.82, 2.24) is 0 Å². The molecule has 0 radical (unpaired) electrons. The molecule has 0 saturated carbocycles. The van der Waals surface area contributed by atoms with Crippen molar-refractivity contribution < 1.29 is 19.1 Å². The van der Waals surface area contributed by atoms with Crippen molar-refractivity contribution in [3.05, 3.63) is 107 Å². The Bertz CT molecular complexity index is 1000. The summed E-state index contributed by atoms with van der Waals surface area (Å²) in [5, 5.41) is 0. The number of Topliss-reactive ketones (excluding diaryl/α,β-unsaturated/α-hetero) is 2. The highest BCUT2D eigenvalue weighted by Crippen LogP contribution is 2.42. The van der Waals surface area contributed by atoms with Gasteiger partial charge in [0.1, 0.15) is 5.41 Å². The van der Waals surface area contributed by atoms with Crippen LogP contribution in [0.3, 0.4) is 0 Å². The summed E-state index contributed by atoms with van der Waals surface area (Å²) < 4.78 is 5.39. The minimum Gasteiger partial charge on any atom is -0.462 e. The number of rotatable bonds is 5. The van der Waals surface area contributed by atoms with Crippen LogP contribution in [0.25, 0.3) is 0 Å². The third-order valence-electron chi connectivity index (χ3n) is 5.18. The van der Waals surface area contributed by atoms with Gasteiger partial charge >= 0.3 is 5.97 Å². The van der Waals surface area contributed by atoms with E-state index in [1.54, 1.807) is 72.8 Å². The lowest BCUT2D eigenvalue weighted by Crippen LogP contribution is -2.39. The fourth-order valence-corrected chi connectivity index (χ4v) is 3.75. The zero-order valence-electron chi connectivity index (χ0n) is 15.1. The van der Waals surface area contributed by atoms with Crippen molar-refractivity contribution in [2.24, 2.45) is 0 Å². The van der Waals surface area contributed by atoms with E-state index in [4.69, 9.17) is 4.74 Å². The molecule has 138 valence electrons. The molecule has 28 heavy (non-hydrogen) atoms. The van der Waals surface area contributed by atoms with E-state index in [2.05, 4.69) is 0 Å². The van der Waals surface area contributed by atoms with Gasteiger partial charge in [0.05, 0.1) is 12.2 Å². The SMILES string of the molecule is O=C(OCCC1(c2ccccc2)C(=O)c2ccccc2C1=O)c1ccccc1. The van der Waals surface area contributed by atoms with Crippen molar-refractivity contribution in [2.75, 3.05) is 6.61 Å². The normalized spacial score (nSPS) is 14.6. The van der Waals surface area contributed by atoms with Crippen molar-refractivity contribution in [3.8, 4) is 0 Å². The number of carbonyl (C=O) groups is 3. The summed E-state index contributed by atoms with van der Waals surface area (Å²) in [4.78, 5) is 38.9. The summed E-state index contributed by atoms with van der Waals surface area (Å²) in [6.45, 7) is -0.0336. The van der Waals surface area contributed by atoms with Gasteiger partial charge in [-0.1, -0.05) is 72.8 Å². The molecule has 0 aromatic heterocycles. The lowest BCUT2D eigenvalue weighted by Gasteiger charge is -2.26. The average molecular weight is 370 g/mol. The molecule has 0 amide bonds. The molecule has 0 atom stereocenters. The Hall–Kier alpha value is -3.53. The molecule has 1 aliphatic rings. The monoisotopic (exact) mass is 370 g/mol. The van der Waals surface area contributed by atoms with Gasteiger partial charge in [0, 0.05) is 17.5 Å². The van der Waals surface area contributed by atoms with E-state index >= 15 is 0 Å². The second-order valence-electron chi connectivity index (χ2n) is 6.73. The van der Waals surface area contributed by atoms with Crippen LogP contribution in [0.2, 0.25) is 0 Å². The maximum absolute atomic E-state index is 13.3. The Morgan fingerprint density at radius 2 is 1.21 bits per heavy atom. The van der Waals surface area contributed by atoms with Gasteiger partial charge in [0.2, 0.25) is 0 Å². The van der Waals surface area contributed by atoms with E-state index in [-0.39, 0.29) is 24.6 Å². The predicted molar refractivity (Wildman–Crippen MR) is 105 cm³/mol. The number of ketones is 2. The predicted octanol–water partition coefficient (Wildman–Crippen LogP) is 4.25. The van der Waals surface area contributed by atoms with Crippen LogP contribution in [0.15, 0.2) is 84.9 Å². The van der Waals surface area contributed by atoms with Crippen LogP contribution >= 0.6 is 0 Å². The number of benzene rings is 3. The lowest BCUT2D eigenvalue weighted by molar-refractivity contribution is 0.0454. The molecule has 4 rings (SSSR count). The first-order chi connectivity index (χ1) is 13.6. The quantitative estimate of drug-likeness (QED) is 0.498. The molecule has 0 fully saturated rings. The third kappa shape index (κ3) is 2.83. The summed E-state index contributed by atoms with van der Waals surface area (Å²) in [6, 6.07) is 24.5. The molecular formula is C24H18O4. The minimum atomic E-state index is -1.36. The molecule has 0 saturated heterocycles. The first-order valence-corrected chi connectivity index (χ1v) is 9.11. The third-order valence-corrected chi connectivity index (χ3v) is 5.18. The molecule has 0 N–H and O–H groups in total. The lowest BCUT2D eigenvalue weighted by atomic mass is 9.73. The zero-order valence-corrected chi connectivity index (χ0v) is 15.1. The zero-order chi connectivity index (χ0) is 19.6. The van der Waals surface area contributed by atoms with Gasteiger partial charge in [-0.3, -0.25) is 9.59 Å². The van der Waals surface area contributed by atoms with Crippen molar-refractivity contribution in [1.29, 1.82) is 0 Å². The number of fused-ring (bicyclic) bond motifs is 1. The van der Waals surface area contributed by atoms with Gasteiger partial charge in [-0.15, -0.1) is 0 Å². The van der Waals surface area contributed by atoms with Crippen LogP contribution in [0, 0.1) is 0 Å². The topological polar surface area (TPSA) is 60.4 Å². The van der Waals surface area contributed by atoms with E-state index in [1.165, 1.54) is 0 Å². The number of esters is 1. The Morgan fingerprint density at radius 1 is 0.714 bits per heavy atom. The first-order valence-electron chi connectivity index (χ1n) is 9.11. The largest absolute Gasteiger partial charge is 0.462 e. The molecule has 3 aromatic carbocycles. The summed E-state index contributed by atoms with van der Waals surface area (Å²) >= 11 is 0. The van der Waals surface area contributed by atoms with Gasteiger partial charge in [-0.25, -0.2) is 4.79 Å². The van der Waals surface area contributed by atoms with E-state index in [1.807, 2.05) is 12.1 Å². The van der Waals surface area contributed by atoms with Crippen LogP contribution in [-0.2, 0) is 10.2 Å². The highest BCUT2D eigenvalue weighted by atomic mass is 16.5. The van der Waals surface area contributed by atoms with E-state index in [9.17, 15) is 14.4 Å². The summed E-state index contributed by atoms with van der Waals surface area (Å²) in [7, 11) is 0. The van der Waals surface area contributed by atoms with Crippen LogP contribution < -0.4 is 0 Å². The number of hydrogen-bond donors (Lipinski definition) is 0. The summed E-state index contributed by atoms with van der Waals surface area (Å²) in [5.41, 5.74) is 0.541. The summed E-state index contributed by atoms with van der Waals surface area (Å²) in [5.74, 6) is -0.954. The van der Waals surface area contributed by atoms with E-state index < -0.39 is 11.4 Å². The molecule has 3 aromatic rings. The molecule has 0 aliphatic heterocycles. The second kappa shape index (κ2) is 7.24. The van der Waals surface area contributed by atoms with Gasteiger partial charge in [0.25, 0.3) is 0 Å². The molecule has 0 bridgehead atoms. The van der Waals surface area contributed by atoms with Gasteiger partial charge in [0.15, 0.2) is 11.6 Å². The second-order valence-corrected chi connectivity index (χ2v) is 6.73. The highest BCUT2D eigenvalue weighted by molar-refractivity contribution is 6.33. The van der Waals surface area contributed by atoms with Crippen LogP contribution in [0.1, 0.15) is 43.1 Å². The van der Waals surface area contributed by atoms with Crippen LogP contribution in [-0.4, -0.2) is 24.1 Å². The van der Waals surface area contributed by atoms with Gasteiger partial charge in [-0.05, 0) is 17.7 Å². The molecule has 0 heterocycles. The Kier molecular flexibility index (Phi) is 4.62.